The first-order valence-electron chi connectivity index (χ1n) is 7.52. The van der Waals surface area contributed by atoms with Crippen molar-refractivity contribution in [2.24, 2.45) is 0 Å². The van der Waals surface area contributed by atoms with Gasteiger partial charge in [0.2, 0.25) is 0 Å². The van der Waals surface area contributed by atoms with E-state index >= 15 is 0 Å². The molecule has 0 atom stereocenters. The van der Waals surface area contributed by atoms with E-state index in [1.165, 1.54) is 10.9 Å². The number of Topliss-reactive ketones (excluding diaryl/α,β-unsaturated/α-hetero) is 1. The second-order valence-electron chi connectivity index (χ2n) is 5.87. The number of benzene rings is 2. The molecule has 0 aliphatic heterocycles. The Morgan fingerprint density at radius 3 is 2.52 bits per heavy atom. The van der Waals surface area contributed by atoms with Crippen molar-refractivity contribution >= 4 is 16.7 Å². The summed E-state index contributed by atoms with van der Waals surface area (Å²) in [4.78, 5) is 29.3. The van der Waals surface area contributed by atoms with Crippen LogP contribution < -0.4 is 5.56 Å². The van der Waals surface area contributed by atoms with E-state index in [1.54, 1.807) is 18.2 Å². The summed E-state index contributed by atoms with van der Waals surface area (Å²) in [7, 11) is 0. The SMILES string of the molecule is Cc1cc(C)c(C(=O)Cn2cnc3ccccc3c2=O)cc1C. The molecule has 0 unspecified atom stereocenters. The largest absolute Gasteiger partial charge is 0.292 e. The van der Waals surface area contributed by atoms with Gasteiger partial charge >= 0.3 is 0 Å². The Balaban J connectivity index is 1.99. The van der Waals surface area contributed by atoms with Crippen molar-refractivity contribution in [1.29, 1.82) is 0 Å². The van der Waals surface area contributed by atoms with E-state index in [2.05, 4.69) is 4.98 Å². The Hall–Kier alpha value is -2.75. The van der Waals surface area contributed by atoms with Crippen LogP contribution in [0.1, 0.15) is 27.0 Å². The average molecular weight is 306 g/mol. The number of carbonyl (C=O) groups is 1. The van der Waals surface area contributed by atoms with Gasteiger partial charge < -0.3 is 0 Å². The van der Waals surface area contributed by atoms with E-state index in [4.69, 9.17) is 0 Å². The third-order valence-electron chi connectivity index (χ3n) is 4.19. The zero-order valence-electron chi connectivity index (χ0n) is 13.5. The van der Waals surface area contributed by atoms with E-state index < -0.39 is 0 Å². The van der Waals surface area contributed by atoms with Crippen molar-refractivity contribution in [2.45, 2.75) is 27.3 Å². The van der Waals surface area contributed by atoms with Gasteiger partial charge in [0.05, 0.1) is 23.8 Å². The van der Waals surface area contributed by atoms with E-state index in [9.17, 15) is 9.59 Å². The molecule has 4 heteroatoms. The number of hydrogen-bond acceptors (Lipinski definition) is 3. The van der Waals surface area contributed by atoms with Crippen molar-refractivity contribution in [3.8, 4) is 0 Å². The number of aromatic nitrogens is 2. The van der Waals surface area contributed by atoms with Crippen LogP contribution in [0.2, 0.25) is 0 Å². The molecule has 3 rings (SSSR count). The molecule has 0 fully saturated rings. The smallest absolute Gasteiger partial charge is 0.261 e. The standard InChI is InChI=1S/C19H18N2O2/c1-12-8-14(3)16(9-13(12)2)18(22)10-21-11-20-17-7-5-4-6-15(17)19(21)23/h4-9,11H,10H2,1-3H3. The molecule has 0 bridgehead atoms. The number of carbonyl (C=O) groups excluding carboxylic acids is 1. The normalized spacial score (nSPS) is 10.9. The molecule has 0 N–H and O–H groups in total. The number of fused-ring (bicyclic) bond motifs is 1. The van der Waals surface area contributed by atoms with Crippen molar-refractivity contribution in [3.63, 3.8) is 0 Å². The highest BCUT2D eigenvalue weighted by atomic mass is 16.1. The van der Waals surface area contributed by atoms with Gasteiger partial charge in [0, 0.05) is 5.56 Å². The number of rotatable bonds is 3. The molecule has 0 spiro atoms. The van der Waals surface area contributed by atoms with Crippen LogP contribution in [0.5, 0.6) is 0 Å². The molecule has 1 aromatic heterocycles. The van der Waals surface area contributed by atoms with Crippen molar-refractivity contribution in [2.75, 3.05) is 0 Å². The summed E-state index contributed by atoms with van der Waals surface area (Å²) in [6, 6.07) is 11.0. The summed E-state index contributed by atoms with van der Waals surface area (Å²) in [6.07, 6.45) is 1.44. The summed E-state index contributed by atoms with van der Waals surface area (Å²) in [5.41, 5.74) is 4.27. The van der Waals surface area contributed by atoms with Crippen LogP contribution in [0.4, 0.5) is 0 Å². The predicted octanol–water partition coefficient (Wildman–Crippen LogP) is 3.20. The van der Waals surface area contributed by atoms with Gasteiger partial charge in [0.1, 0.15) is 0 Å². The zero-order chi connectivity index (χ0) is 16.6. The lowest BCUT2D eigenvalue weighted by atomic mass is 9.98. The first-order chi connectivity index (χ1) is 11.0. The number of nitrogens with zero attached hydrogens (tertiary/aromatic N) is 2. The van der Waals surface area contributed by atoms with Gasteiger partial charge in [-0.15, -0.1) is 0 Å². The molecule has 0 amide bonds. The fourth-order valence-corrected chi connectivity index (χ4v) is 2.72. The lowest BCUT2D eigenvalue weighted by molar-refractivity contribution is 0.0970. The van der Waals surface area contributed by atoms with Crippen LogP contribution in [0.3, 0.4) is 0 Å². The van der Waals surface area contributed by atoms with Crippen LogP contribution in [0.25, 0.3) is 10.9 Å². The molecule has 0 aliphatic rings. The maximum absolute atomic E-state index is 12.6. The molecule has 0 saturated carbocycles. The number of hydrogen-bond donors (Lipinski definition) is 0. The van der Waals surface area contributed by atoms with Gasteiger partial charge in [-0.05, 0) is 55.7 Å². The summed E-state index contributed by atoms with van der Waals surface area (Å²) in [6.45, 7) is 5.92. The summed E-state index contributed by atoms with van der Waals surface area (Å²) in [5.74, 6) is -0.0789. The Bertz CT molecular complexity index is 971. The maximum Gasteiger partial charge on any atom is 0.261 e. The topological polar surface area (TPSA) is 52.0 Å². The Kier molecular flexibility index (Phi) is 3.82. The minimum Gasteiger partial charge on any atom is -0.292 e. The van der Waals surface area contributed by atoms with Gasteiger partial charge in [-0.1, -0.05) is 18.2 Å². The van der Waals surface area contributed by atoms with Gasteiger partial charge in [-0.3, -0.25) is 14.2 Å². The van der Waals surface area contributed by atoms with E-state index in [0.29, 0.717) is 16.5 Å². The predicted molar refractivity (Wildman–Crippen MR) is 91.0 cm³/mol. The second kappa shape index (κ2) is 5.80. The molecular weight excluding hydrogens is 288 g/mol. The van der Waals surface area contributed by atoms with Crippen LogP contribution in [0, 0.1) is 20.8 Å². The maximum atomic E-state index is 12.6. The third kappa shape index (κ3) is 2.80. The van der Waals surface area contributed by atoms with Crippen molar-refractivity contribution in [3.05, 3.63) is 75.3 Å². The Morgan fingerprint density at radius 2 is 1.74 bits per heavy atom. The monoisotopic (exact) mass is 306 g/mol. The van der Waals surface area contributed by atoms with Gasteiger partial charge in [-0.25, -0.2) is 4.98 Å². The Labute approximate surface area is 134 Å². The second-order valence-corrected chi connectivity index (χ2v) is 5.87. The highest BCUT2D eigenvalue weighted by Crippen LogP contribution is 2.16. The highest BCUT2D eigenvalue weighted by Gasteiger charge is 2.13. The molecular formula is C19H18N2O2. The molecule has 4 nitrogen and oxygen atoms in total. The molecule has 2 aromatic carbocycles. The fraction of sp³-hybridized carbons (Fsp3) is 0.211. The van der Waals surface area contributed by atoms with E-state index in [1.807, 2.05) is 39.0 Å². The number of para-hydroxylation sites is 1. The molecule has 3 aromatic rings. The third-order valence-corrected chi connectivity index (χ3v) is 4.19. The van der Waals surface area contributed by atoms with E-state index in [0.717, 1.165) is 16.7 Å². The lowest BCUT2D eigenvalue weighted by Gasteiger charge is -2.10. The molecule has 0 radical (unpaired) electrons. The minimum absolute atomic E-state index is 0.00000850. The fourth-order valence-electron chi connectivity index (χ4n) is 2.72. The lowest BCUT2D eigenvalue weighted by Crippen LogP contribution is -2.25. The quantitative estimate of drug-likeness (QED) is 0.698. The first-order valence-corrected chi connectivity index (χ1v) is 7.52. The van der Waals surface area contributed by atoms with Crippen molar-refractivity contribution < 1.29 is 4.79 Å². The minimum atomic E-state index is -0.189. The van der Waals surface area contributed by atoms with Gasteiger partial charge in [0.15, 0.2) is 5.78 Å². The van der Waals surface area contributed by atoms with Crippen LogP contribution in [-0.2, 0) is 6.54 Å². The van der Waals surface area contributed by atoms with Crippen LogP contribution in [0.15, 0.2) is 47.5 Å². The first kappa shape index (κ1) is 15.2. The van der Waals surface area contributed by atoms with Gasteiger partial charge in [0.25, 0.3) is 5.56 Å². The number of aryl methyl sites for hydroxylation is 3. The van der Waals surface area contributed by atoms with Crippen LogP contribution in [-0.4, -0.2) is 15.3 Å². The molecule has 1 heterocycles. The van der Waals surface area contributed by atoms with E-state index in [-0.39, 0.29) is 17.9 Å². The zero-order valence-corrected chi connectivity index (χ0v) is 13.5. The molecule has 116 valence electrons. The van der Waals surface area contributed by atoms with Crippen molar-refractivity contribution in [1.82, 2.24) is 9.55 Å². The molecule has 23 heavy (non-hydrogen) atoms. The molecule has 0 saturated heterocycles. The summed E-state index contributed by atoms with van der Waals surface area (Å²) in [5, 5.41) is 0.527. The molecule has 0 aliphatic carbocycles. The summed E-state index contributed by atoms with van der Waals surface area (Å²) < 4.78 is 1.37. The number of ketones is 1. The highest BCUT2D eigenvalue weighted by molar-refractivity contribution is 5.97. The Morgan fingerprint density at radius 1 is 1.04 bits per heavy atom. The van der Waals surface area contributed by atoms with Crippen LogP contribution >= 0.6 is 0 Å². The van der Waals surface area contributed by atoms with Gasteiger partial charge in [-0.2, -0.15) is 0 Å². The average Bonchev–Trinajstić information content (AvgIpc) is 2.53. The summed E-state index contributed by atoms with van der Waals surface area (Å²) >= 11 is 0.